The molecule has 0 aromatic rings. The maximum absolute atomic E-state index is 3.84. The van der Waals surface area contributed by atoms with Gasteiger partial charge >= 0.3 is 0 Å². The summed E-state index contributed by atoms with van der Waals surface area (Å²) in [7, 11) is 0. The quantitative estimate of drug-likeness (QED) is 0.323. The van der Waals surface area contributed by atoms with Crippen molar-refractivity contribution in [2.24, 2.45) is 0 Å². The zero-order valence-corrected chi connectivity index (χ0v) is 7.26. The summed E-state index contributed by atoms with van der Waals surface area (Å²) >= 11 is 2.02. The monoisotopic (exact) mass is 142 g/mol. The third kappa shape index (κ3) is 8.15. The van der Waals surface area contributed by atoms with Gasteiger partial charge in [0.15, 0.2) is 6.56 Å². The van der Waals surface area contributed by atoms with Crippen LogP contribution in [0.25, 0.3) is 0 Å². The lowest BCUT2D eigenvalue weighted by Crippen LogP contribution is -1.85. The fraction of sp³-hybridized carbons (Fsp3) is 0.714. The van der Waals surface area contributed by atoms with Crippen LogP contribution in [0.1, 0.15) is 20.3 Å². The molecule has 0 bridgehead atoms. The van der Waals surface area contributed by atoms with Crippen LogP contribution in [0.2, 0.25) is 6.32 Å². The molecule has 0 unspecified atom stereocenters. The Balaban J connectivity index is 2.83. The Morgan fingerprint density at radius 2 is 2.33 bits per heavy atom. The second kappa shape index (κ2) is 6.28. The van der Waals surface area contributed by atoms with Gasteiger partial charge < -0.3 is 0 Å². The third-order valence-electron chi connectivity index (χ3n) is 1.02. The van der Waals surface area contributed by atoms with Crippen molar-refractivity contribution >= 4 is 18.2 Å². The molecule has 0 N–H and O–H groups in total. The van der Waals surface area contributed by atoms with Crippen molar-refractivity contribution in [2.45, 2.75) is 26.6 Å². The van der Waals surface area contributed by atoms with Gasteiger partial charge in [-0.2, -0.15) is 0 Å². The number of rotatable bonds is 5. The van der Waals surface area contributed by atoms with Gasteiger partial charge in [-0.3, -0.25) is 0 Å². The van der Waals surface area contributed by atoms with Crippen LogP contribution in [0.15, 0.2) is 12.2 Å². The first-order valence-electron chi connectivity index (χ1n) is 3.49. The standard InChI is InChI=1S/C7H15BS/c1-4-5-9-8-6-7(2)3/h8H,2,4-6H2,1,3H3. The fourth-order valence-corrected chi connectivity index (χ4v) is 1.48. The minimum Gasteiger partial charge on any atom is -0.215 e. The molecular formula is C7H15BS. The molecule has 52 valence electrons. The molecule has 0 nitrogen and oxygen atoms in total. The predicted molar refractivity (Wildman–Crippen MR) is 49.5 cm³/mol. The van der Waals surface area contributed by atoms with Crippen molar-refractivity contribution in [3.05, 3.63) is 12.2 Å². The van der Waals surface area contributed by atoms with E-state index >= 15 is 0 Å². The first-order chi connectivity index (χ1) is 4.27. The smallest absolute Gasteiger partial charge is 0.195 e. The van der Waals surface area contributed by atoms with Gasteiger partial charge in [0.1, 0.15) is 0 Å². The topological polar surface area (TPSA) is 0 Å². The second-order valence-electron chi connectivity index (χ2n) is 2.32. The predicted octanol–water partition coefficient (Wildman–Crippen LogP) is 2.48. The molecule has 0 rings (SSSR count). The average molecular weight is 142 g/mol. The minimum atomic E-state index is 1.19. The maximum atomic E-state index is 3.84. The Labute approximate surface area is 63.2 Å². The number of hydrogen-bond acceptors (Lipinski definition) is 1. The summed E-state index contributed by atoms with van der Waals surface area (Å²) in [6, 6.07) is 0. The van der Waals surface area contributed by atoms with E-state index in [4.69, 9.17) is 0 Å². The lowest BCUT2D eigenvalue weighted by molar-refractivity contribution is 1.11. The summed E-state index contributed by atoms with van der Waals surface area (Å²) in [6.07, 6.45) is 2.48. The first kappa shape index (κ1) is 9.15. The highest BCUT2D eigenvalue weighted by Gasteiger charge is 1.89. The molecule has 0 heterocycles. The lowest BCUT2D eigenvalue weighted by Gasteiger charge is -1.95. The molecule has 0 aliphatic rings. The summed E-state index contributed by atoms with van der Waals surface area (Å²) in [6.45, 7) is 9.40. The van der Waals surface area contributed by atoms with Crippen LogP contribution < -0.4 is 0 Å². The van der Waals surface area contributed by atoms with Crippen LogP contribution in [0.3, 0.4) is 0 Å². The average Bonchev–Trinajstić information content (AvgIpc) is 1.80. The van der Waals surface area contributed by atoms with E-state index in [1.807, 2.05) is 11.6 Å². The zero-order valence-electron chi connectivity index (χ0n) is 6.44. The lowest BCUT2D eigenvalue weighted by atomic mass is 9.98. The van der Waals surface area contributed by atoms with Gasteiger partial charge in [-0.25, -0.2) is 11.6 Å². The normalized spacial score (nSPS) is 9.11. The second-order valence-corrected chi connectivity index (χ2v) is 3.54. The Kier molecular flexibility index (Phi) is 6.39. The third-order valence-corrected chi connectivity index (χ3v) is 2.21. The molecule has 0 fully saturated rings. The highest BCUT2D eigenvalue weighted by molar-refractivity contribution is 8.22. The van der Waals surface area contributed by atoms with Gasteiger partial charge in [-0.1, -0.05) is 12.5 Å². The minimum absolute atomic E-state index is 1.19. The molecule has 0 aromatic heterocycles. The summed E-state index contributed by atoms with van der Waals surface area (Å²) in [5.41, 5.74) is 1.30. The molecule has 0 saturated carbocycles. The van der Waals surface area contributed by atoms with Crippen LogP contribution >= 0.6 is 11.6 Å². The van der Waals surface area contributed by atoms with E-state index in [9.17, 15) is 0 Å². The van der Waals surface area contributed by atoms with E-state index in [1.165, 1.54) is 30.6 Å². The Bertz CT molecular complexity index is 81.0. The first-order valence-corrected chi connectivity index (χ1v) is 4.65. The van der Waals surface area contributed by atoms with Gasteiger partial charge in [0.2, 0.25) is 0 Å². The molecule has 2 heteroatoms. The summed E-state index contributed by atoms with van der Waals surface area (Å²) < 4.78 is 0. The van der Waals surface area contributed by atoms with Crippen molar-refractivity contribution < 1.29 is 0 Å². The van der Waals surface area contributed by atoms with E-state index in [0.717, 1.165) is 0 Å². The molecule has 0 aromatic carbocycles. The molecule has 9 heavy (non-hydrogen) atoms. The Morgan fingerprint density at radius 3 is 2.78 bits per heavy atom. The molecule has 0 saturated heterocycles. The van der Waals surface area contributed by atoms with Crippen LogP contribution in [0, 0.1) is 0 Å². The largest absolute Gasteiger partial charge is 0.215 e. The van der Waals surface area contributed by atoms with E-state index in [0.29, 0.717) is 0 Å². The number of allylic oxidation sites excluding steroid dienone is 1. The molecule has 0 aliphatic heterocycles. The molecule has 0 spiro atoms. The van der Waals surface area contributed by atoms with Gasteiger partial charge in [0.25, 0.3) is 0 Å². The highest BCUT2D eigenvalue weighted by atomic mass is 32.2. The van der Waals surface area contributed by atoms with E-state index in [2.05, 4.69) is 20.4 Å². The van der Waals surface area contributed by atoms with Crippen LogP contribution in [-0.4, -0.2) is 12.3 Å². The van der Waals surface area contributed by atoms with Crippen molar-refractivity contribution in [3.63, 3.8) is 0 Å². The fourth-order valence-electron chi connectivity index (χ4n) is 0.493. The van der Waals surface area contributed by atoms with Crippen molar-refractivity contribution in [2.75, 3.05) is 5.75 Å². The van der Waals surface area contributed by atoms with E-state index in [-0.39, 0.29) is 0 Å². The van der Waals surface area contributed by atoms with Crippen LogP contribution in [0.4, 0.5) is 0 Å². The van der Waals surface area contributed by atoms with Crippen LogP contribution in [0.5, 0.6) is 0 Å². The summed E-state index contributed by atoms with van der Waals surface area (Å²) in [5.74, 6) is 1.30. The molecular weight excluding hydrogens is 127 g/mol. The zero-order chi connectivity index (χ0) is 7.11. The summed E-state index contributed by atoms with van der Waals surface area (Å²) in [5, 5.41) is 0. The van der Waals surface area contributed by atoms with Crippen LogP contribution in [-0.2, 0) is 0 Å². The van der Waals surface area contributed by atoms with Gasteiger partial charge in [-0.05, 0) is 25.4 Å². The Morgan fingerprint density at radius 1 is 1.67 bits per heavy atom. The van der Waals surface area contributed by atoms with Gasteiger partial charge in [0.05, 0.1) is 0 Å². The van der Waals surface area contributed by atoms with Crippen molar-refractivity contribution in [1.29, 1.82) is 0 Å². The number of hydrogen-bond donors (Lipinski definition) is 0. The highest BCUT2D eigenvalue weighted by Crippen LogP contribution is 2.05. The van der Waals surface area contributed by atoms with E-state index in [1.54, 1.807) is 0 Å². The molecule has 0 radical (unpaired) electrons. The van der Waals surface area contributed by atoms with E-state index < -0.39 is 0 Å². The molecule has 0 amide bonds. The van der Waals surface area contributed by atoms with Gasteiger partial charge in [0, 0.05) is 0 Å². The maximum Gasteiger partial charge on any atom is 0.195 e. The molecule has 0 aliphatic carbocycles. The SMILES string of the molecule is C=C(C)CBSCCC. The summed E-state index contributed by atoms with van der Waals surface area (Å²) in [4.78, 5) is 0. The molecule has 0 atom stereocenters. The Hall–Kier alpha value is 0.155. The van der Waals surface area contributed by atoms with Crippen molar-refractivity contribution in [1.82, 2.24) is 0 Å². The van der Waals surface area contributed by atoms with Gasteiger partial charge in [-0.15, -0.1) is 6.58 Å². The van der Waals surface area contributed by atoms with Crippen molar-refractivity contribution in [3.8, 4) is 0 Å².